The predicted molar refractivity (Wildman–Crippen MR) is 69.3 cm³/mol. The molecule has 0 unspecified atom stereocenters. The third-order valence-corrected chi connectivity index (χ3v) is 5.71. The summed E-state index contributed by atoms with van der Waals surface area (Å²) in [4.78, 5) is 0. The molecule has 4 heteroatoms. The van der Waals surface area contributed by atoms with E-state index in [2.05, 4.69) is 29.6 Å². The van der Waals surface area contributed by atoms with Crippen LogP contribution in [0.1, 0.15) is 24.0 Å². The van der Waals surface area contributed by atoms with Gasteiger partial charge in [0, 0.05) is 37.1 Å². The first-order chi connectivity index (χ1) is 7.33. The fraction of sp³-hybridized carbons (Fsp3) is 0.500. The van der Waals surface area contributed by atoms with Crippen molar-refractivity contribution in [2.45, 2.75) is 23.3 Å². The maximum atomic E-state index is 12.3. The van der Waals surface area contributed by atoms with Crippen LogP contribution in [0.25, 0.3) is 0 Å². The molecule has 0 radical (unpaired) electrons. The molecule has 0 amide bonds. The van der Waals surface area contributed by atoms with Crippen molar-refractivity contribution in [1.82, 2.24) is 5.32 Å². The van der Waals surface area contributed by atoms with Gasteiger partial charge < -0.3 is 9.87 Å². The van der Waals surface area contributed by atoms with Crippen LogP contribution in [0.4, 0.5) is 0 Å². The lowest BCUT2D eigenvalue weighted by atomic mass is 9.87. The molecular formula is C12H16ClNOS. The lowest BCUT2D eigenvalue weighted by Crippen LogP contribution is -2.43. The predicted octanol–water partition coefficient (Wildman–Crippen LogP) is 1.95. The summed E-state index contributed by atoms with van der Waals surface area (Å²) in [7, 11) is 0. The maximum Gasteiger partial charge on any atom is 0.153 e. The lowest BCUT2D eigenvalue weighted by Gasteiger charge is -2.34. The van der Waals surface area contributed by atoms with Crippen LogP contribution in [-0.4, -0.2) is 17.6 Å². The molecule has 1 saturated heterocycles. The van der Waals surface area contributed by atoms with E-state index in [1.54, 1.807) is 0 Å². The van der Waals surface area contributed by atoms with E-state index in [1.165, 1.54) is 11.1 Å². The van der Waals surface area contributed by atoms with Crippen molar-refractivity contribution in [3.05, 3.63) is 35.4 Å². The Kier molecular flexibility index (Phi) is 3.50. The molecule has 1 N–H and O–H groups in total. The van der Waals surface area contributed by atoms with Gasteiger partial charge in [0.05, 0.1) is 0 Å². The first-order valence-corrected chi connectivity index (χ1v) is 6.82. The Bertz CT molecular complexity index is 379. The Morgan fingerprint density at radius 3 is 2.62 bits per heavy atom. The third kappa shape index (κ3) is 1.66. The van der Waals surface area contributed by atoms with E-state index in [4.69, 9.17) is 0 Å². The Labute approximate surface area is 105 Å². The van der Waals surface area contributed by atoms with Crippen molar-refractivity contribution in [3.63, 3.8) is 0 Å². The SMILES string of the molecule is Cl.[O-][S@@+]1Cc2ccccc2C12CCNCC2. The number of hydrogen-bond acceptors (Lipinski definition) is 2. The van der Waals surface area contributed by atoms with Crippen molar-refractivity contribution >= 4 is 23.6 Å². The van der Waals surface area contributed by atoms with E-state index in [-0.39, 0.29) is 17.2 Å². The standard InChI is InChI=1S/C12H15NOS.ClH/c14-15-9-10-3-1-2-4-11(10)12(15)5-7-13-8-6-12;/h1-4,13H,5-9H2;1H/t15-;/m0./s1. The second-order valence-corrected chi connectivity index (χ2v) is 6.15. The highest BCUT2D eigenvalue weighted by Crippen LogP contribution is 2.47. The van der Waals surface area contributed by atoms with E-state index in [0.717, 1.165) is 31.7 Å². The summed E-state index contributed by atoms with van der Waals surface area (Å²) in [6.07, 6.45) is 2.05. The van der Waals surface area contributed by atoms with Gasteiger partial charge in [0.2, 0.25) is 0 Å². The van der Waals surface area contributed by atoms with Crippen molar-refractivity contribution in [3.8, 4) is 0 Å². The minimum atomic E-state index is -0.704. The molecule has 1 atom stereocenters. The zero-order chi connectivity index (χ0) is 10.3. The van der Waals surface area contributed by atoms with Crippen LogP contribution in [0.2, 0.25) is 0 Å². The molecule has 16 heavy (non-hydrogen) atoms. The summed E-state index contributed by atoms with van der Waals surface area (Å²) >= 11 is -0.704. The molecular weight excluding hydrogens is 242 g/mol. The average Bonchev–Trinajstić information content (AvgIpc) is 2.55. The van der Waals surface area contributed by atoms with Crippen molar-refractivity contribution in [2.24, 2.45) is 0 Å². The third-order valence-electron chi connectivity index (χ3n) is 3.64. The number of fused-ring (bicyclic) bond motifs is 2. The number of piperidine rings is 1. The first-order valence-electron chi connectivity index (χ1n) is 5.50. The number of benzene rings is 1. The van der Waals surface area contributed by atoms with Crippen LogP contribution in [0, 0.1) is 0 Å². The Morgan fingerprint density at radius 1 is 1.19 bits per heavy atom. The summed E-state index contributed by atoms with van der Waals surface area (Å²) in [5.74, 6) is 0.760. The Balaban J connectivity index is 0.000000963. The molecule has 0 aliphatic carbocycles. The summed E-state index contributed by atoms with van der Waals surface area (Å²) < 4.78 is 12.3. The molecule has 0 aromatic heterocycles. The Morgan fingerprint density at radius 2 is 1.88 bits per heavy atom. The average molecular weight is 258 g/mol. The van der Waals surface area contributed by atoms with Gasteiger partial charge in [0.1, 0.15) is 5.75 Å². The molecule has 0 saturated carbocycles. The molecule has 2 heterocycles. The largest absolute Gasteiger partial charge is 0.615 e. The molecule has 3 rings (SSSR count). The van der Waals surface area contributed by atoms with E-state index in [1.807, 2.05) is 0 Å². The van der Waals surface area contributed by atoms with Gasteiger partial charge in [0.15, 0.2) is 4.75 Å². The fourth-order valence-electron chi connectivity index (χ4n) is 2.82. The second kappa shape index (κ2) is 4.57. The highest BCUT2D eigenvalue weighted by molar-refractivity contribution is 7.92. The molecule has 1 spiro atoms. The minimum absolute atomic E-state index is 0. The summed E-state index contributed by atoms with van der Waals surface area (Å²) in [5.41, 5.74) is 2.66. The van der Waals surface area contributed by atoms with Crippen LogP contribution in [-0.2, 0) is 21.7 Å². The minimum Gasteiger partial charge on any atom is -0.615 e. The number of nitrogens with one attached hydrogen (secondary N) is 1. The molecule has 0 bridgehead atoms. The van der Waals surface area contributed by atoms with Gasteiger partial charge in [-0.1, -0.05) is 24.3 Å². The van der Waals surface area contributed by atoms with Crippen LogP contribution < -0.4 is 5.32 Å². The number of halogens is 1. The topological polar surface area (TPSA) is 35.1 Å². The van der Waals surface area contributed by atoms with Crippen molar-refractivity contribution < 1.29 is 4.55 Å². The summed E-state index contributed by atoms with van der Waals surface area (Å²) in [6.45, 7) is 2.00. The molecule has 2 aliphatic heterocycles. The molecule has 1 aromatic rings. The van der Waals surface area contributed by atoms with Crippen molar-refractivity contribution in [2.75, 3.05) is 13.1 Å². The van der Waals surface area contributed by atoms with Crippen LogP contribution >= 0.6 is 12.4 Å². The zero-order valence-corrected chi connectivity index (χ0v) is 10.7. The molecule has 2 aliphatic rings. The van der Waals surface area contributed by atoms with Crippen LogP contribution in [0.15, 0.2) is 24.3 Å². The summed E-state index contributed by atoms with van der Waals surface area (Å²) in [6, 6.07) is 8.43. The van der Waals surface area contributed by atoms with Gasteiger partial charge >= 0.3 is 0 Å². The monoisotopic (exact) mass is 257 g/mol. The molecule has 1 aromatic carbocycles. The number of rotatable bonds is 0. The molecule has 88 valence electrons. The second-order valence-electron chi connectivity index (χ2n) is 4.39. The zero-order valence-electron chi connectivity index (χ0n) is 9.07. The normalized spacial score (nSPS) is 26.2. The maximum absolute atomic E-state index is 12.3. The van der Waals surface area contributed by atoms with Crippen molar-refractivity contribution in [1.29, 1.82) is 0 Å². The quantitative estimate of drug-likeness (QED) is 0.721. The van der Waals surface area contributed by atoms with E-state index < -0.39 is 11.2 Å². The van der Waals surface area contributed by atoms with Gasteiger partial charge in [-0.05, 0) is 11.2 Å². The van der Waals surface area contributed by atoms with Crippen LogP contribution in [0.3, 0.4) is 0 Å². The number of hydrogen-bond donors (Lipinski definition) is 1. The first kappa shape index (κ1) is 12.2. The van der Waals surface area contributed by atoms with E-state index in [0.29, 0.717) is 0 Å². The molecule has 1 fully saturated rings. The Hall–Kier alpha value is -0.220. The fourth-order valence-corrected chi connectivity index (χ4v) is 4.73. The van der Waals surface area contributed by atoms with Crippen LogP contribution in [0.5, 0.6) is 0 Å². The summed E-state index contributed by atoms with van der Waals surface area (Å²) in [5, 5.41) is 3.35. The highest BCUT2D eigenvalue weighted by atomic mass is 35.5. The van der Waals surface area contributed by atoms with Gasteiger partial charge in [-0.25, -0.2) is 0 Å². The van der Waals surface area contributed by atoms with Gasteiger partial charge in [-0.3, -0.25) is 0 Å². The lowest BCUT2D eigenvalue weighted by molar-refractivity contribution is 0.401. The van der Waals surface area contributed by atoms with Gasteiger partial charge in [0.25, 0.3) is 0 Å². The van der Waals surface area contributed by atoms with Gasteiger partial charge in [-0.15, -0.1) is 12.4 Å². The molecule has 2 nitrogen and oxygen atoms in total. The van der Waals surface area contributed by atoms with E-state index in [9.17, 15) is 4.55 Å². The highest BCUT2D eigenvalue weighted by Gasteiger charge is 2.50. The smallest absolute Gasteiger partial charge is 0.153 e. The van der Waals surface area contributed by atoms with E-state index >= 15 is 0 Å². The van der Waals surface area contributed by atoms with Gasteiger partial charge in [-0.2, -0.15) is 0 Å².